The molecule has 0 saturated heterocycles. The number of hydrogen-bond acceptors (Lipinski definition) is 8. The molecule has 0 radical (unpaired) electrons. The summed E-state index contributed by atoms with van der Waals surface area (Å²) in [5, 5.41) is 26.9. The molecule has 3 atom stereocenters. The van der Waals surface area contributed by atoms with Crippen molar-refractivity contribution < 1.29 is 39.0 Å². The summed E-state index contributed by atoms with van der Waals surface area (Å²) in [5.41, 5.74) is 15.4. The quantitative estimate of drug-likeness (QED) is 0.0616. The molecule has 33 heavy (non-hydrogen) atoms. The number of nitrogens with one attached hydrogen (secondary N) is 4. The standard InChI is InChI=1S/C17H30N8O8/c1-8(27)23-9(3-2-4-21-17(19)20)15(31)22-6-13(29)24-10(16(32)33)5-12(28)25-11(7-26)14(18)30/h9-11,26H,2-7H2,1H3,(H2,18,30)(H,22,31)(H,23,27)(H,24,29)(H,25,28)(H,32,33)(H4,19,20,21)/t9-,10-,11-/m0/s1. The number of hydrogen-bond donors (Lipinski definition) is 9. The first-order valence-corrected chi connectivity index (χ1v) is 9.69. The molecule has 0 aromatic rings. The Kier molecular flexibility index (Phi) is 13.2. The molecule has 0 aliphatic heterocycles. The largest absolute Gasteiger partial charge is 0.480 e. The molecule has 186 valence electrons. The van der Waals surface area contributed by atoms with Crippen LogP contribution in [0.5, 0.6) is 0 Å². The molecule has 0 spiro atoms. The minimum Gasteiger partial charge on any atom is -0.480 e. The lowest BCUT2D eigenvalue weighted by atomic mass is 10.1. The van der Waals surface area contributed by atoms with Crippen LogP contribution in [0.25, 0.3) is 0 Å². The van der Waals surface area contributed by atoms with Gasteiger partial charge in [-0.2, -0.15) is 0 Å². The molecule has 0 aliphatic rings. The van der Waals surface area contributed by atoms with Crippen molar-refractivity contribution in [3.05, 3.63) is 0 Å². The molecule has 16 nitrogen and oxygen atoms in total. The number of aliphatic carboxylic acids is 1. The monoisotopic (exact) mass is 474 g/mol. The molecular formula is C17H30N8O8. The van der Waals surface area contributed by atoms with Crippen LogP contribution in [0.2, 0.25) is 0 Å². The van der Waals surface area contributed by atoms with Gasteiger partial charge in [0.1, 0.15) is 18.1 Å². The van der Waals surface area contributed by atoms with E-state index in [1.165, 1.54) is 6.92 Å². The molecule has 0 aromatic heterocycles. The van der Waals surface area contributed by atoms with Crippen molar-refractivity contribution in [3.8, 4) is 0 Å². The van der Waals surface area contributed by atoms with E-state index in [1.807, 2.05) is 10.6 Å². The summed E-state index contributed by atoms with van der Waals surface area (Å²) in [7, 11) is 0. The Balaban J connectivity index is 4.81. The van der Waals surface area contributed by atoms with Gasteiger partial charge in [-0.15, -0.1) is 0 Å². The van der Waals surface area contributed by atoms with E-state index < -0.39 is 73.2 Å². The van der Waals surface area contributed by atoms with Gasteiger partial charge in [0, 0.05) is 13.5 Å². The maximum Gasteiger partial charge on any atom is 0.326 e. The number of aliphatic hydroxyl groups excluding tert-OH is 1. The Morgan fingerprint density at radius 3 is 2.00 bits per heavy atom. The smallest absolute Gasteiger partial charge is 0.326 e. The lowest BCUT2D eigenvalue weighted by molar-refractivity contribution is -0.143. The minimum atomic E-state index is -1.69. The number of carboxylic acids is 1. The van der Waals surface area contributed by atoms with Crippen molar-refractivity contribution in [2.24, 2.45) is 22.2 Å². The Morgan fingerprint density at radius 1 is 0.909 bits per heavy atom. The average molecular weight is 474 g/mol. The number of primary amides is 1. The fraction of sp³-hybridized carbons (Fsp3) is 0.588. The van der Waals surface area contributed by atoms with Crippen LogP contribution < -0.4 is 38.5 Å². The van der Waals surface area contributed by atoms with Gasteiger partial charge in [0.15, 0.2) is 5.96 Å². The number of guanidine groups is 1. The summed E-state index contributed by atoms with van der Waals surface area (Å²) in [4.78, 5) is 73.6. The van der Waals surface area contributed by atoms with Gasteiger partial charge in [-0.1, -0.05) is 0 Å². The molecule has 0 unspecified atom stereocenters. The molecule has 12 N–H and O–H groups in total. The van der Waals surface area contributed by atoms with Crippen molar-refractivity contribution in [3.63, 3.8) is 0 Å². The molecule has 0 bridgehead atoms. The van der Waals surface area contributed by atoms with Crippen LogP contribution in [0, 0.1) is 0 Å². The zero-order valence-corrected chi connectivity index (χ0v) is 18.0. The van der Waals surface area contributed by atoms with E-state index >= 15 is 0 Å². The number of aliphatic imine (C=N–C) groups is 1. The highest BCUT2D eigenvalue weighted by atomic mass is 16.4. The zero-order valence-electron chi connectivity index (χ0n) is 18.0. The average Bonchev–Trinajstić information content (AvgIpc) is 2.71. The second-order valence-corrected chi connectivity index (χ2v) is 6.79. The lowest BCUT2D eigenvalue weighted by Crippen LogP contribution is -2.52. The number of carboxylic acid groups (broad SMARTS) is 1. The van der Waals surface area contributed by atoms with Gasteiger partial charge in [0.25, 0.3) is 0 Å². The van der Waals surface area contributed by atoms with Crippen molar-refractivity contribution in [1.82, 2.24) is 21.3 Å². The van der Waals surface area contributed by atoms with E-state index in [-0.39, 0.29) is 18.9 Å². The molecule has 5 amide bonds. The van der Waals surface area contributed by atoms with Gasteiger partial charge in [-0.25, -0.2) is 4.79 Å². The molecular weight excluding hydrogens is 444 g/mol. The van der Waals surface area contributed by atoms with Crippen LogP contribution in [-0.2, 0) is 28.8 Å². The number of nitrogens with two attached hydrogens (primary N) is 3. The Labute approximate surface area is 188 Å². The SMILES string of the molecule is CC(=O)N[C@@H](CCCN=C(N)N)C(=O)NCC(=O)N[C@@H](CC(=O)N[C@@H](CO)C(N)=O)C(=O)O. The minimum absolute atomic E-state index is 0.129. The number of carbonyl (C=O) groups excluding carboxylic acids is 5. The van der Waals surface area contributed by atoms with E-state index in [2.05, 4.69) is 15.6 Å². The number of carbonyl (C=O) groups is 6. The van der Waals surface area contributed by atoms with Crippen LogP contribution in [0.1, 0.15) is 26.2 Å². The van der Waals surface area contributed by atoms with Crippen molar-refractivity contribution >= 4 is 41.5 Å². The Bertz CT molecular complexity index is 768. The highest BCUT2D eigenvalue weighted by molar-refractivity contribution is 5.93. The fourth-order valence-corrected chi connectivity index (χ4v) is 2.40. The van der Waals surface area contributed by atoms with E-state index in [4.69, 9.17) is 22.3 Å². The summed E-state index contributed by atoms with van der Waals surface area (Å²) in [6, 6.07) is -4.10. The van der Waals surface area contributed by atoms with Gasteiger partial charge < -0.3 is 48.7 Å². The third-order valence-corrected chi connectivity index (χ3v) is 3.95. The molecule has 0 rings (SSSR count). The van der Waals surface area contributed by atoms with E-state index in [0.717, 1.165) is 0 Å². The lowest BCUT2D eigenvalue weighted by Gasteiger charge is -2.19. The van der Waals surface area contributed by atoms with Crippen LogP contribution in [0.3, 0.4) is 0 Å². The summed E-state index contributed by atoms with van der Waals surface area (Å²) in [6.45, 7) is -0.0279. The summed E-state index contributed by atoms with van der Waals surface area (Å²) in [5.74, 6) is -5.81. The Morgan fingerprint density at radius 2 is 1.52 bits per heavy atom. The number of nitrogens with zero attached hydrogens (tertiary/aromatic N) is 1. The van der Waals surface area contributed by atoms with E-state index in [0.29, 0.717) is 6.42 Å². The van der Waals surface area contributed by atoms with Crippen LogP contribution in [0.4, 0.5) is 0 Å². The molecule has 0 fully saturated rings. The van der Waals surface area contributed by atoms with Gasteiger partial charge in [-0.05, 0) is 12.8 Å². The zero-order chi connectivity index (χ0) is 25.6. The normalized spacial score (nSPS) is 12.9. The van der Waals surface area contributed by atoms with Gasteiger partial charge in [-0.3, -0.25) is 29.0 Å². The highest BCUT2D eigenvalue weighted by Gasteiger charge is 2.26. The second kappa shape index (κ2) is 15.0. The first kappa shape index (κ1) is 29.0. The third kappa shape index (κ3) is 13.1. The van der Waals surface area contributed by atoms with Crippen LogP contribution in [-0.4, -0.2) is 89.5 Å². The van der Waals surface area contributed by atoms with Crippen LogP contribution >= 0.6 is 0 Å². The first-order valence-electron chi connectivity index (χ1n) is 9.69. The van der Waals surface area contributed by atoms with Crippen molar-refractivity contribution in [1.29, 1.82) is 0 Å². The predicted octanol–water partition coefficient (Wildman–Crippen LogP) is -5.42. The topological polar surface area (TPSA) is 281 Å². The molecule has 16 heteroatoms. The van der Waals surface area contributed by atoms with Gasteiger partial charge in [0.2, 0.25) is 29.5 Å². The van der Waals surface area contributed by atoms with Gasteiger partial charge in [0.05, 0.1) is 19.6 Å². The molecule has 0 heterocycles. The number of rotatable bonds is 15. The van der Waals surface area contributed by atoms with Crippen LogP contribution in [0.15, 0.2) is 4.99 Å². The predicted molar refractivity (Wildman–Crippen MR) is 113 cm³/mol. The van der Waals surface area contributed by atoms with Gasteiger partial charge >= 0.3 is 5.97 Å². The number of amides is 5. The maximum absolute atomic E-state index is 12.3. The second-order valence-electron chi connectivity index (χ2n) is 6.79. The molecule has 0 aliphatic carbocycles. The molecule has 0 saturated carbocycles. The van der Waals surface area contributed by atoms with Crippen molar-refractivity contribution in [2.45, 2.75) is 44.3 Å². The summed E-state index contributed by atoms with van der Waals surface area (Å²) >= 11 is 0. The summed E-state index contributed by atoms with van der Waals surface area (Å²) < 4.78 is 0. The number of aliphatic hydroxyl groups is 1. The van der Waals surface area contributed by atoms with Crippen molar-refractivity contribution in [2.75, 3.05) is 19.7 Å². The fourth-order valence-electron chi connectivity index (χ4n) is 2.40. The summed E-state index contributed by atoms with van der Waals surface area (Å²) in [6.07, 6.45) is -0.259. The molecule has 0 aromatic carbocycles. The Hall–Kier alpha value is -3.95. The third-order valence-electron chi connectivity index (χ3n) is 3.95. The maximum atomic E-state index is 12.3. The van der Waals surface area contributed by atoms with E-state index in [9.17, 15) is 33.9 Å². The highest BCUT2D eigenvalue weighted by Crippen LogP contribution is 1.99. The first-order chi connectivity index (χ1) is 15.4. The van der Waals surface area contributed by atoms with E-state index in [1.54, 1.807) is 0 Å².